The lowest BCUT2D eigenvalue weighted by Gasteiger charge is -2.19. The first-order valence-electron chi connectivity index (χ1n) is 9.65. The predicted molar refractivity (Wildman–Crippen MR) is 115 cm³/mol. The van der Waals surface area contributed by atoms with Gasteiger partial charge >= 0.3 is 6.09 Å². The molecule has 31 heavy (non-hydrogen) atoms. The highest BCUT2D eigenvalue weighted by Crippen LogP contribution is 2.36. The van der Waals surface area contributed by atoms with E-state index in [0.717, 1.165) is 6.07 Å². The lowest BCUT2D eigenvalue weighted by atomic mass is 10.1. The molecule has 0 heterocycles. The van der Waals surface area contributed by atoms with Crippen molar-refractivity contribution in [2.24, 2.45) is 5.73 Å². The minimum atomic E-state index is -0.801. The highest BCUT2D eigenvalue weighted by Gasteiger charge is 2.22. The zero-order valence-corrected chi connectivity index (χ0v) is 18.2. The fourth-order valence-electron chi connectivity index (χ4n) is 2.35. The summed E-state index contributed by atoms with van der Waals surface area (Å²) in [5.74, 6) is -0.663. The molecule has 1 aromatic carbocycles. The van der Waals surface area contributed by atoms with Gasteiger partial charge in [-0.2, -0.15) is 0 Å². The third kappa shape index (κ3) is 9.81. The quantitative estimate of drug-likeness (QED) is 0.195. The standard InChI is InChI=1S/C20H30N4O7/c1-20(2,3)31-19(26)23-9-6-5-8-22-17-15(24(27)28)12-14(18(21)25)13-16(17)30-11-7-10-29-4/h5-6,12-13,22H,7-11H2,1-4H3,(H2,21,25)(H,23,26). The van der Waals surface area contributed by atoms with Crippen LogP contribution in [0.15, 0.2) is 24.3 Å². The first-order valence-corrected chi connectivity index (χ1v) is 9.65. The summed E-state index contributed by atoms with van der Waals surface area (Å²) in [4.78, 5) is 34.0. The van der Waals surface area contributed by atoms with Crippen LogP contribution in [0.5, 0.6) is 5.75 Å². The Morgan fingerprint density at radius 2 is 1.87 bits per heavy atom. The molecule has 1 aromatic rings. The SMILES string of the molecule is COCCCOc1cc(C(N)=O)cc([N+](=O)[O-])c1NCC=CCNC(=O)OC(C)(C)C. The number of methoxy groups -OCH3 is 1. The van der Waals surface area contributed by atoms with Gasteiger partial charge in [-0.15, -0.1) is 0 Å². The number of nitrogens with two attached hydrogens (primary N) is 1. The van der Waals surface area contributed by atoms with Crippen LogP contribution in [-0.4, -0.2) is 55.9 Å². The molecule has 0 aliphatic rings. The van der Waals surface area contributed by atoms with Crippen molar-refractivity contribution in [3.8, 4) is 5.75 Å². The largest absolute Gasteiger partial charge is 0.491 e. The number of nitro benzene ring substituents is 1. The molecule has 0 saturated carbocycles. The number of rotatable bonds is 12. The van der Waals surface area contributed by atoms with E-state index in [2.05, 4.69) is 10.6 Å². The highest BCUT2D eigenvalue weighted by molar-refractivity contribution is 5.95. The molecule has 0 aliphatic heterocycles. The number of hydrogen-bond acceptors (Lipinski definition) is 8. The number of nitro groups is 1. The van der Waals surface area contributed by atoms with Gasteiger partial charge < -0.3 is 30.6 Å². The third-order valence-electron chi connectivity index (χ3n) is 3.64. The minimum Gasteiger partial charge on any atom is -0.491 e. The smallest absolute Gasteiger partial charge is 0.407 e. The monoisotopic (exact) mass is 438 g/mol. The molecule has 4 N–H and O–H groups in total. The molecule has 0 saturated heterocycles. The van der Waals surface area contributed by atoms with Crippen LogP contribution in [0.25, 0.3) is 0 Å². The molecule has 0 bridgehead atoms. The van der Waals surface area contributed by atoms with E-state index >= 15 is 0 Å². The lowest BCUT2D eigenvalue weighted by molar-refractivity contribution is -0.384. The fraction of sp³-hybridized carbons (Fsp3) is 0.500. The van der Waals surface area contributed by atoms with Gasteiger partial charge in [-0.25, -0.2) is 4.79 Å². The maximum atomic E-state index is 11.6. The fourth-order valence-corrected chi connectivity index (χ4v) is 2.35. The van der Waals surface area contributed by atoms with Gasteiger partial charge in [0.15, 0.2) is 5.69 Å². The van der Waals surface area contributed by atoms with Gasteiger partial charge in [-0.3, -0.25) is 14.9 Å². The number of nitrogens with one attached hydrogen (secondary N) is 2. The summed E-state index contributed by atoms with van der Waals surface area (Å²) in [5.41, 5.74) is 4.45. The van der Waals surface area contributed by atoms with E-state index in [4.69, 9.17) is 19.9 Å². The molecule has 11 heteroatoms. The second-order valence-corrected chi connectivity index (χ2v) is 7.42. The summed E-state index contributed by atoms with van der Waals surface area (Å²) in [6.45, 7) is 6.40. The minimum absolute atomic E-state index is 0.0314. The molecule has 0 spiro atoms. The Labute approximate surface area is 181 Å². The van der Waals surface area contributed by atoms with Crippen LogP contribution < -0.4 is 21.1 Å². The van der Waals surface area contributed by atoms with Crippen molar-refractivity contribution in [1.82, 2.24) is 5.32 Å². The molecule has 11 nitrogen and oxygen atoms in total. The Morgan fingerprint density at radius 1 is 1.19 bits per heavy atom. The van der Waals surface area contributed by atoms with Gasteiger partial charge in [-0.1, -0.05) is 12.2 Å². The van der Waals surface area contributed by atoms with E-state index in [0.29, 0.717) is 13.0 Å². The number of primary amides is 1. The van der Waals surface area contributed by atoms with E-state index in [1.54, 1.807) is 40.0 Å². The Bertz CT molecular complexity index is 803. The molecular formula is C20H30N4O7. The molecule has 2 amide bonds. The van der Waals surface area contributed by atoms with Gasteiger partial charge in [0.2, 0.25) is 5.91 Å². The Balaban J connectivity index is 2.84. The van der Waals surface area contributed by atoms with Crippen LogP contribution in [0.2, 0.25) is 0 Å². The number of ether oxygens (including phenoxy) is 3. The molecule has 0 atom stereocenters. The van der Waals surface area contributed by atoms with Gasteiger partial charge in [0, 0.05) is 44.9 Å². The van der Waals surface area contributed by atoms with Crippen LogP contribution in [0.1, 0.15) is 37.6 Å². The summed E-state index contributed by atoms with van der Waals surface area (Å²) in [5, 5.41) is 17.0. The van der Waals surface area contributed by atoms with Gasteiger partial charge in [0.25, 0.3) is 5.69 Å². The predicted octanol–water partition coefficient (Wildman–Crippen LogP) is 2.60. The van der Waals surface area contributed by atoms with Gasteiger partial charge in [-0.05, 0) is 26.8 Å². The Hall–Kier alpha value is -3.34. The molecule has 0 unspecified atom stereocenters. The van der Waals surface area contributed by atoms with E-state index in [1.165, 1.54) is 6.07 Å². The lowest BCUT2D eigenvalue weighted by Crippen LogP contribution is -2.32. The highest BCUT2D eigenvalue weighted by atomic mass is 16.6. The van der Waals surface area contributed by atoms with Gasteiger partial charge in [0.1, 0.15) is 11.4 Å². The number of amides is 2. The maximum Gasteiger partial charge on any atom is 0.407 e. The second-order valence-electron chi connectivity index (χ2n) is 7.42. The van der Waals surface area contributed by atoms with Crippen molar-refractivity contribution in [2.75, 3.05) is 38.7 Å². The number of nitrogens with zero attached hydrogens (tertiary/aromatic N) is 1. The van der Waals surface area contributed by atoms with Crippen LogP contribution in [0.3, 0.4) is 0 Å². The van der Waals surface area contributed by atoms with Crippen molar-refractivity contribution in [3.63, 3.8) is 0 Å². The average Bonchev–Trinajstić information content (AvgIpc) is 2.66. The van der Waals surface area contributed by atoms with E-state index < -0.39 is 22.5 Å². The van der Waals surface area contributed by atoms with Crippen LogP contribution in [0, 0.1) is 10.1 Å². The summed E-state index contributed by atoms with van der Waals surface area (Å²) >= 11 is 0. The summed E-state index contributed by atoms with van der Waals surface area (Å²) in [7, 11) is 1.55. The van der Waals surface area contributed by atoms with Crippen LogP contribution in [0.4, 0.5) is 16.2 Å². The average molecular weight is 438 g/mol. The zero-order chi connectivity index (χ0) is 23.4. The molecule has 0 fully saturated rings. The number of hydrogen-bond donors (Lipinski definition) is 3. The van der Waals surface area contributed by atoms with Crippen molar-refractivity contribution < 1.29 is 28.7 Å². The molecular weight excluding hydrogens is 408 g/mol. The molecule has 0 radical (unpaired) electrons. The van der Waals surface area contributed by atoms with Crippen molar-refractivity contribution >= 4 is 23.4 Å². The second kappa shape index (κ2) is 12.4. The van der Waals surface area contributed by atoms with Crippen molar-refractivity contribution in [3.05, 3.63) is 40.0 Å². The molecule has 0 aliphatic carbocycles. The molecule has 172 valence electrons. The molecule has 1 rings (SSSR count). The third-order valence-corrected chi connectivity index (χ3v) is 3.64. The topological polar surface area (TPSA) is 155 Å². The summed E-state index contributed by atoms with van der Waals surface area (Å²) in [6.07, 6.45) is 3.35. The van der Waals surface area contributed by atoms with Gasteiger partial charge in [0.05, 0.1) is 11.5 Å². The Morgan fingerprint density at radius 3 is 2.45 bits per heavy atom. The maximum absolute atomic E-state index is 11.6. The number of alkyl carbamates (subject to hydrolysis) is 1. The number of carbonyl (C=O) groups excluding carboxylic acids is 2. The van der Waals surface area contributed by atoms with Crippen LogP contribution in [-0.2, 0) is 9.47 Å². The number of anilines is 1. The number of carbonyl (C=O) groups is 2. The summed E-state index contributed by atoms with van der Waals surface area (Å²) in [6, 6.07) is 2.46. The van der Waals surface area contributed by atoms with Crippen molar-refractivity contribution in [1.29, 1.82) is 0 Å². The van der Waals surface area contributed by atoms with Crippen molar-refractivity contribution in [2.45, 2.75) is 32.8 Å². The van der Waals surface area contributed by atoms with E-state index in [1.807, 2.05) is 0 Å². The summed E-state index contributed by atoms with van der Waals surface area (Å²) < 4.78 is 15.7. The van der Waals surface area contributed by atoms with Crippen LogP contribution >= 0.6 is 0 Å². The van der Waals surface area contributed by atoms with E-state index in [9.17, 15) is 19.7 Å². The Kier molecular flexibility index (Phi) is 10.3. The number of benzene rings is 1. The normalized spacial score (nSPS) is 11.2. The van der Waals surface area contributed by atoms with E-state index in [-0.39, 0.29) is 42.4 Å². The zero-order valence-electron chi connectivity index (χ0n) is 18.2. The first-order chi connectivity index (χ1) is 14.5. The first kappa shape index (κ1) is 25.7. The molecule has 0 aromatic heterocycles.